The van der Waals surface area contributed by atoms with E-state index >= 15 is 0 Å². The van der Waals surface area contributed by atoms with Crippen molar-refractivity contribution in [2.45, 2.75) is 11.8 Å². The molecule has 0 aliphatic carbocycles. The van der Waals surface area contributed by atoms with Crippen molar-refractivity contribution in [1.82, 2.24) is 0 Å². The van der Waals surface area contributed by atoms with Crippen LogP contribution in [0.25, 0.3) is 0 Å². The highest BCUT2D eigenvalue weighted by atomic mass is 79.9. The number of nitrogens with zero attached hydrogens (tertiary/aromatic N) is 1. The predicted octanol–water partition coefficient (Wildman–Crippen LogP) is 4.55. The van der Waals surface area contributed by atoms with Crippen molar-refractivity contribution < 1.29 is 8.78 Å². The van der Waals surface area contributed by atoms with E-state index in [1.165, 1.54) is 12.1 Å². The third-order valence-electron chi connectivity index (χ3n) is 3.39. The molecule has 0 amide bonds. The van der Waals surface area contributed by atoms with Gasteiger partial charge in [-0.3, -0.25) is 0 Å². The number of hydrogen-bond acceptors (Lipinski definition) is 1. The summed E-state index contributed by atoms with van der Waals surface area (Å²) in [5.74, 6) is -1.02. The first-order chi connectivity index (χ1) is 9.20. The van der Waals surface area contributed by atoms with Crippen molar-refractivity contribution in [3.63, 3.8) is 0 Å². The average molecular weight is 324 g/mol. The van der Waals surface area contributed by atoms with Crippen molar-refractivity contribution in [3.05, 3.63) is 59.2 Å². The van der Waals surface area contributed by atoms with Gasteiger partial charge in [-0.1, -0.05) is 34.1 Å². The highest BCUT2D eigenvalue weighted by Crippen LogP contribution is 2.37. The Kier molecular flexibility index (Phi) is 3.27. The van der Waals surface area contributed by atoms with E-state index in [0.717, 1.165) is 17.7 Å². The zero-order valence-corrected chi connectivity index (χ0v) is 11.8. The third kappa shape index (κ3) is 2.14. The Labute approximate surface area is 119 Å². The first kappa shape index (κ1) is 12.6. The first-order valence-electron chi connectivity index (χ1n) is 6.10. The van der Waals surface area contributed by atoms with Gasteiger partial charge in [0.15, 0.2) is 0 Å². The molecule has 1 heterocycles. The number of hydrogen-bond donors (Lipinski definition) is 0. The number of para-hydroxylation sites is 1. The number of anilines is 2. The summed E-state index contributed by atoms with van der Waals surface area (Å²) in [4.78, 5) is 1.72. The molecule has 0 spiro atoms. The van der Waals surface area contributed by atoms with Crippen molar-refractivity contribution in [1.29, 1.82) is 0 Å². The van der Waals surface area contributed by atoms with E-state index in [0.29, 0.717) is 17.4 Å². The number of halogens is 3. The van der Waals surface area contributed by atoms with Crippen LogP contribution in [0.4, 0.5) is 20.2 Å². The molecule has 98 valence electrons. The van der Waals surface area contributed by atoms with Gasteiger partial charge in [0, 0.05) is 17.6 Å². The molecule has 0 unspecified atom stereocenters. The maximum Gasteiger partial charge on any atom is 0.150 e. The summed E-state index contributed by atoms with van der Waals surface area (Å²) >= 11 is 3.21. The summed E-state index contributed by atoms with van der Waals surface area (Å²) in [7, 11) is 0. The number of rotatable bonds is 2. The lowest BCUT2D eigenvalue weighted by Gasteiger charge is -2.21. The molecule has 1 aliphatic rings. The second-order valence-corrected chi connectivity index (χ2v) is 5.13. The summed E-state index contributed by atoms with van der Waals surface area (Å²) in [6.07, 6.45) is 0.815. The van der Waals surface area contributed by atoms with E-state index in [9.17, 15) is 8.78 Å². The highest BCUT2D eigenvalue weighted by Gasteiger charge is 2.25. The van der Waals surface area contributed by atoms with Gasteiger partial charge in [0.25, 0.3) is 0 Å². The molecule has 1 aliphatic heterocycles. The van der Waals surface area contributed by atoms with Crippen LogP contribution in [0.1, 0.15) is 11.1 Å². The van der Waals surface area contributed by atoms with Crippen LogP contribution in [-0.4, -0.2) is 6.54 Å². The van der Waals surface area contributed by atoms with Crippen LogP contribution in [0.3, 0.4) is 0 Å². The summed E-state index contributed by atoms with van der Waals surface area (Å²) in [5.41, 5.74) is 2.68. The fourth-order valence-corrected chi connectivity index (χ4v) is 2.85. The molecule has 3 rings (SSSR count). The summed E-state index contributed by atoms with van der Waals surface area (Å²) in [6.45, 7) is 0.612. The van der Waals surface area contributed by atoms with Gasteiger partial charge in [-0.15, -0.1) is 0 Å². The molecule has 0 radical (unpaired) electrons. The Balaban J connectivity index is 2.10. The molecule has 0 saturated carbocycles. The second kappa shape index (κ2) is 4.93. The maximum absolute atomic E-state index is 14.1. The van der Waals surface area contributed by atoms with Crippen LogP contribution in [0.15, 0.2) is 36.4 Å². The minimum absolute atomic E-state index is 0.0506. The lowest BCUT2D eigenvalue weighted by atomic mass is 10.1. The molecule has 0 bridgehead atoms. The van der Waals surface area contributed by atoms with Gasteiger partial charge in [0.2, 0.25) is 0 Å². The van der Waals surface area contributed by atoms with Crippen LogP contribution in [0.5, 0.6) is 0 Å². The molecule has 0 N–H and O–H groups in total. The van der Waals surface area contributed by atoms with Crippen molar-refractivity contribution in [3.8, 4) is 0 Å². The average Bonchev–Trinajstić information content (AvgIpc) is 2.82. The standard InChI is InChI=1S/C15H12BrF2N/c16-9-10-7-12(17)15(13(18)8-10)19-6-5-11-3-1-2-4-14(11)19/h1-4,7-8H,5-6,9H2. The van der Waals surface area contributed by atoms with Crippen molar-refractivity contribution in [2.24, 2.45) is 0 Å². The molecule has 0 aromatic heterocycles. The SMILES string of the molecule is Fc1cc(CBr)cc(F)c1N1CCc2ccccc21. The molecule has 19 heavy (non-hydrogen) atoms. The maximum atomic E-state index is 14.1. The largest absolute Gasteiger partial charge is 0.336 e. The number of alkyl halides is 1. The second-order valence-electron chi connectivity index (χ2n) is 4.57. The quantitative estimate of drug-likeness (QED) is 0.733. The fraction of sp³-hybridized carbons (Fsp3) is 0.200. The van der Waals surface area contributed by atoms with Crippen molar-refractivity contribution in [2.75, 3.05) is 11.4 Å². The van der Waals surface area contributed by atoms with Gasteiger partial charge in [0.05, 0.1) is 0 Å². The van der Waals surface area contributed by atoms with Gasteiger partial charge in [-0.2, -0.15) is 0 Å². The number of benzene rings is 2. The van der Waals surface area contributed by atoms with Crippen LogP contribution in [0, 0.1) is 11.6 Å². The topological polar surface area (TPSA) is 3.24 Å². The van der Waals surface area contributed by atoms with E-state index in [2.05, 4.69) is 15.9 Å². The number of fused-ring (bicyclic) bond motifs is 1. The van der Waals surface area contributed by atoms with E-state index in [1.54, 1.807) is 4.90 Å². The Bertz CT molecular complexity index is 604. The Hall–Kier alpha value is -1.42. The molecule has 2 aromatic carbocycles. The van der Waals surface area contributed by atoms with Gasteiger partial charge in [0.1, 0.15) is 17.3 Å². The molecule has 0 saturated heterocycles. The van der Waals surface area contributed by atoms with Crippen molar-refractivity contribution >= 4 is 27.3 Å². The minimum Gasteiger partial charge on any atom is -0.336 e. The first-order valence-corrected chi connectivity index (χ1v) is 7.22. The fourth-order valence-electron chi connectivity index (χ4n) is 2.52. The summed E-state index contributed by atoms with van der Waals surface area (Å²) in [6, 6.07) is 10.5. The smallest absolute Gasteiger partial charge is 0.150 e. The molecular weight excluding hydrogens is 312 g/mol. The summed E-state index contributed by atoms with van der Waals surface area (Å²) in [5, 5.41) is 0.442. The molecule has 4 heteroatoms. The van der Waals surface area contributed by atoms with Gasteiger partial charge >= 0.3 is 0 Å². The normalized spacial score (nSPS) is 13.7. The van der Waals surface area contributed by atoms with Gasteiger partial charge in [-0.25, -0.2) is 8.78 Å². The van der Waals surface area contributed by atoms with E-state index in [-0.39, 0.29) is 5.69 Å². The lowest BCUT2D eigenvalue weighted by Crippen LogP contribution is -2.16. The van der Waals surface area contributed by atoms with Gasteiger partial charge in [-0.05, 0) is 35.7 Å². The van der Waals surface area contributed by atoms with Gasteiger partial charge < -0.3 is 4.90 Å². The van der Waals surface area contributed by atoms with Crippen LogP contribution in [-0.2, 0) is 11.8 Å². The molecule has 0 fully saturated rings. The zero-order valence-electron chi connectivity index (χ0n) is 10.2. The van der Waals surface area contributed by atoms with Crippen LogP contribution in [0.2, 0.25) is 0 Å². The molecule has 0 atom stereocenters. The van der Waals surface area contributed by atoms with E-state index in [1.807, 2.05) is 24.3 Å². The summed E-state index contributed by atoms with van der Waals surface area (Å²) < 4.78 is 28.3. The van der Waals surface area contributed by atoms with E-state index < -0.39 is 11.6 Å². The third-order valence-corrected chi connectivity index (χ3v) is 4.04. The zero-order chi connectivity index (χ0) is 13.4. The molecule has 1 nitrogen and oxygen atoms in total. The van der Waals surface area contributed by atoms with Crippen LogP contribution >= 0.6 is 15.9 Å². The highest BCUT2D eigenvalue weighted by molar-refractivity contribution is 9.08. The lowest BCUT2D eigenvalue weighted by molar-refractivity contribution is 0.580. The Morgan fingerprint density at radius 1 is 1.11 bits per heavy atom. The van der Waals surface area contributed by atoms with E-state index in [4.69, 9.17) is 0 Å². The minimum atomic E-state index is -0.508. The van der Waals surface area contributed by atoms with Crippen LogP contribution < -0.4 is 4.90 Å². The Morgan fingerprint density at radius 2 is 1.79 bits per heavy atom. The Morgan fingerprint density at radius 3 is 2.47 bits per heavy atom. The monoisotopic (exact) mass is 323 g/mol. The molecule has 2 aromatic rings. The molecular formula is C15H12BrF2N. The predicted molar refractivity (Wildman–Crippen MR) is 76.1 cm³/mol.